The lowest BCUT2D eigenvalue weighted by Gasteiger charge is -2.45. The highest BCUT2D eigenvalue weighted by Crippen LogP contribution is 2.47. The molecule has 3 aromatic carbocycles. The number of halogens is 2. The molecule has 0 bridgehead atoms. The smallest absolute Gasteiger partial charge is 0.419 e. The minimum atomic E-state index is -3.33. The summed E-state index contributed by atoms with van der Waals surface area (Å²) in [6, 6.07) is 26.0. The van der Waals surface area contributed by atoms with Crippen molar-refractivity contribution in [2.45, 2.75) is 122 Å². The molecule has 10 nitrogen and oxygen atoms in total. The van der Waals surface area contributed by atoms with Crippen LogP contribution in [0.15, 0.2) is 91.1 Å². The molecule has 332 valence electrons. The van der Waals surface area contributed by atoms with Crippen molar-refractivity contribution in [3.05, 3.63) is 107 Å². The molecule has 0 N–H and O–H groups in total. The fraction of sp³-hybridized carbons (Fsp3) is 0.479. The highest BCUT2D eigenvalue weighted by Gasteiger charge is 2.53. The molecule has 0 saturated carbocycles. The Labute approximate surface area is 369 Å². The van der Waals surface area contributed by atoms with Crippen LogP contribution in [0.1, 0.15) is 97.8 Å². The maximum atomic E-state index is 17.2. The summed E-state index contributed by atoms with van der Waals surface area (Å²) in [5.74, 6) is -3.33. The fourth-order valence-corrected chi connectivity index (χ4v) is 14.4. The SMILES string of the molecule is C[C@@H]1Cc2c(n(C(=O)OC(C)(C)C)c3ccccc23)[C@@H](c2cnc(O[C@@H]3CCN(C(=O)OC(C)(C)C)C3)s2)N1CC(F)(F)CO[Si](c1ccccc1)(c1ccccc1)C(C)(C)C. The monoisotopic (exact) mass is 886 g/mol. The highest BCUT2D eigenvalue weighted by molar-refractivity contribution is 7.13. The first-order chi connectivity index (χ1) is 29.1. The van der Waals surface area contributed by atoms with Gasteiger partial charge in [-0.3, -0.25) is 4.90 Å². The van der Waals surface area contributed by atoms with E-state index < -0.39 is 61.9 Å². The Kier molecular flexibility index (Phi) is 12.6. The number of alkyl halides is 2. The van der Waals surface area contributed by atoms with Crippen molar-refractivity contribution >= 4 is 53.1 Å². The average Bonchev–Trinajstić information content (AvgIpc) is 3.93. The van der Waals surface area contributed by atoms with Crippen LogP contribution in [-0.4, -0.2) is 95.4 Å². The molecule has 0 unspecified atom stereocenters. The van der Waals surface area contributed by atoms with E-state index in [0.717, 1.165) is 21.3 Å². The Morgan fingerprint density at radius 2 is 1.40 bits per heavy atom. The summed E-state index contributed by atoms with van der Waals surface area (Å²) in [5, 5.41) is 2.54. The summed E-state index contributed by atoms with van der Waals surface area (Å²) < 4.78 is 60.9. The first-order valence-corrected chi connectivity index (χ1v) is 24.1. The van der Waals surface area contributed by atoms with Gasteiger partial charge >= 0.3 is 12.2 Å². The number of para-hydroxylation sites is 1. The van der Waals surface area contributed by atoms with E-state index in [4.69, 9.17) is 18.6 Å². The van der Waals surface area contributed by atoms with E-state index in [2.05, 4.69) is 25.8 Å². The molecule has 3 atom stereocenters. The van der Waals surface area contributed by atoms with Crippen LogP contribution in [0.2, 0.25) is 5.04 Å². The molecule has 14 heteroatoms. The van der Waals surface area contributed by atoms with E-state index in [-0.39, 0.29) is 12.1 Å². The first kappa shape index (κ1) is 45.4. The Morgan fingerprint density at radius 3 is 2.00 bits per heavy atom. The minimum Gasteiger partial charge on any atom is -0.465 e. The molecule has 2 aliphatic heterocycles. The van der Waals surface area contributed by atoms with E-state index in [9.17, 15) is 9.59 Å². The number of hydrogen-bond donors (Lipinski definition) is 0. The average molecular weight is 887 g/mol. The lowest BCUT2D eigenvalue weighted by atomic mass is 9.91. The summed E-state index contributed by atoms with van der Waals surface area (Å²) in [5.41, 5.74) is 0.648. The topological polar surface area (TPSA) is 95.4 Å². The lowest BCUT2D eigenvalue weighted by molar-refractivity contribution is -0.0820. The molecule has 2 aliphatic rings. The van der Waals surface area contributed by atoms with Gasteiger partial charge in [0.05, 0.1) is 41.8 Å². The molecule has 7 rings (SSSR count). The number of rotatable bonds is 10. The fourth-order valence-electron chi connectivity index (χ4n) is 8.90. The Bertz CT molecular complexity index is 2330. The zero-order valence-electron chi connectivity index (χ0n) is 37.5. The zero-order valence-corrected chi connectivity index (χ0v) is 39.4. The van der Waals surface area contributed by atoms with Gasteiger partial charge in [-0.25, -0.2) is 27.9 Å². The molecule has 2 aromatic heterocycles. The minimum absolute atomic E-state index is 0.324. The molecule has 5 aromatic rings. The Morgan fingerprint density at radius 1 is 0.823 bits per heavy atom. The van der Waals surface area contributed by atoms with Crippen molar-refractivity contribution in [1.82, 2.24) is 19.4 Å². The third-order valence-electron chi connectivity index (χ3n) is 11.4. The molecule has 0 aliphatic carbocycles. The molecular weight excluding hydrogens is 827 g/mol. The number of benzene rings is 3. The van der Waals surface area contributed by atoms with Gasteiger partial charge in [0, 0.05) is 30.6 Å². The molecule has 1 amide bonds. The summed E-state index contributed by atoms with van der Waals surface area (Å²) >= 11 is 1.26. The van der Waals surface area contributed by atoms with Crippen molar-refractivity contribution in [3.63, 3.8) is 0 Å². The largest absolute Gasteiger partial charge is 0.465 e. The predicted molar refractivity (Wildman–Crippen MR) is 243 cm³/mol. The molecular formula is C48H60F2N4O6SSi. The highest BCUT2D eigenvalue weighted by atomic mass is 32.1. The first-order valence-electron chi connectivity index (χ1n) is 21.4. The van der Waals surface area contributed by atoms with Crippen LogP contribution in [0.4, 0.5) is 18.4 Å². The van der Waals surface area contributed by atoms with Crippen molar-refractivity contribution in [3.8, 4) is 5.19 Å². The third kappa shape index (κ3) is 9.48. The Balaban J connectivity index is 1.27. The zero-order chi connectivity index (χ0) is 44.8. The number of aromatic nitrogens is 2. The number of likely N-dealkylation sites (tertiary alicyclic amines) is 1. The van der Waals surface area contributed by atoms with Gasteiger partial charge in [0.15, 0.2) is 0 Å². The van der Waals surface area contributed by atoms with E-state index in [1.165, 1.54) is 11.3 Å². The van der Waals surface area contributed by atoms with Crippen LogP contribution < -0.4 is 15.1 Å². The second-order valence-corrected chi connectivity index (χ2v) is 24.9. The standard InChI is InChI=1S/C48H60F2N4O6SSi/c1-32-27-37-36-23-17-18-24-38(36)54(44(56)60-46(5,6)7)40(37)41(39-28-51-42(61-39)58-33-25-26-52(29-33)43(55)59-45(2,3)4)53(32)30-48(49,50)31-57-62(47(8,9)10,34-19-13-11-14-20-34)35-21-15-12-16-22-35/h11-24,28,32-33,41H,25-27,29-31H2,1-10H3/t32-,33-,41-/m1/s1. The second kappa shape index (κ2) is 17.2. The van der Waals surface area contributed by atoms with Gasteiger partial charge in [-0.05, 0) is 81.9 Å². The van der Waals surface area contributed by atoms with Crippen LogP contribution in [0.5, 0.6) is 5.19 Å². The molecule has 1 saturated heterocycles. The number of carbonyl (C=O) groups is 2. The normalized spacial score (nSPS) is 19.1. The third-order valence-corrected chi connectivity index (χ3v) is 17.3. The summed E-state index contributed by atoms with van der Waals surface area (Å²) in [6.07, 6.45) is 1.32. The van der Waals surface area contributed by atoms with E-state index >= 15 is 8.78 Å². The van der Waals surface area contributed by atoms with Gasteiger partial charge in [0.25, 0.3) is 19.4 Å². The molecule has 62 heavy (non-hydrogen) atoms. The quantitative estimate of drug-likeness (QED) is 0.128. The number of amides is 1. The van der Waals surface area contributed by atoms with Crippen molar-refractivity contribution < 1.29 is 37.0 Å². The molecule has 4 heterocycles. The number of nitrogens with zero attached hydrogens (tertiary/aromatic N) is 4. The number of thiazole rings is 1. The number of ether oxygens (including phenoxy) is 3. The van der Waals surface area contributed by atoms with Crippen LogP contribution in [0, 0.1) is 0 Å². The van der Waals surface area contributed by atoms with Crippen molar-refractivity contribution in [2.24, 2.45) is 0 Å². The Hall–Kier alpha value is -4.63. The van der Waals surface area contributed by atoms with Gasteiger partial charge in [-0.15, -0.1) is 0 Å². The number of fused-ring (bicyclic) bond motifs is 3. The van der Waals surface area contributed by atoms with Gasteiger partial charge in [-0.2, -0.15) is 0 Å². The van der Waals surface area contributed by atoms with Crippen molar-refractivity contribution in [2.75, 3.05) is 26.2 Å². The lowest BCUT2D eigenvalue weighted by Crippen LogP contribution is -2.67. The molecule has 0 radical (unpaired) electrons. The van der Waals surface area contributed by atoms with E-state index in [1.807, 2.05) is 113 Å². The molecule has 0 spiro atoms. The summed E-state index contributed by atoms with van der Waals surface area (Å²) in [6.45, 7) is 18.4. The van der Waals surface area contributed by atoms with Crippen molar-refractivity contribution in [1.29, 1.82) is 0 Å². The van der Waals surface area contributed by atoms with Gasteiger partial charge in [-0.1, -0.05) is 111 Å². The van der Waals surface area contributed by atoms with Crippen LogP contribution >= 0.6 is 11.3 Å². The van der Waals surface area contributed by atoms with E-state index in [1.54, 1.807) is 41.3 Å². The maximum absolute atomic E-state index is 17.2. The van der Waals surface area contributed by atoms with Gasteiger partial charge < -0.3 is 23.5 Å². The van der Waals surface area contributed by atoms with Crippen LogP contribution in [0.25, 0.3) is 10.9 Å². The van der Waals surface area contributed by atoms with Gasteiger partial charge in [0.2, 0.25) is 0 Å². The second-order valence-electron chi connectivity index (χ2n) is 19.6. The molecule has 1 fully saturated rings. The summed E-state index contributed by atoms with van der Waals surface area (Å²) in [4.78, 5) is 35.9. The number of hydrogen-bond acceptors (Lipinski definition) is 9. The summed E-state index contributed by atoms with van der Waals surface area (Å²) in [7, 11) is -3.31. The van der Waals surface area contributed by atoms with Gasteiger partial charge in [0.1, 0.15) is 17.3 Å². The van der Waals surface area contributed by atoms with E-state index in [0.29, 0.717) is 47.2 Å². The maximum Gasteiger partial charge on any atom is 0.419 e. The number of carbonyl (C=O) groups excluding carboxylic acids is 2. The predicted octanol–water partition coefficient (Wildman–Crippen LogP) is 9.82. The van der Waals surface area contributed by atoms with Crippen LogP contribution in [-0.2, 0) is 20.3 Å². The van der Waals surface area contributed by atoms with Crippen LogP contribution in [0.3, 0.4) is 0 Å².